The van der Waals surface area contributed by atoms with Gasteiger partial charge in [0, 0.05) is 5.69 Å². The molecule has 0 spiro atoms. The average Bonchev–Trinajstić information content (AvgIpc) is 3.14. The van der Waals surface area contributed by atoms with E-state index in [1.165, 1.54) is 23.5 Å². The first-order valence-electron chi connectivity index (χ1n) is 8.01. The minimum Gasteiger partial charge on any atom is -0.324 e. The van der Waals surface area contributed by atoms with Crippen molar-refractivity contribution in [3.63, 3.8) is 0 Å². The molecule has 0 aliphatic carbocycles. The van der Waals surface area contributed by atoms with Crippen LogP contribution >= 0.6 is 11.3 Å². The summed E-state index contributed by atoms with van der Waals surface area (Å²) in [4.78, 5) is 20.4. The molecule has 4 aromatic rings. The third-order valence-electron chi connectivity index (χ3n) is 3.99. The molecular formula is C18H13F3N4OS. The van der Waals surface area contributed by atoms with Crippen molar-refractivity contribution in [1.82, 2.24) is 14.5 Å². The first-order valence-corrected chi connectivity index (χ1v) is 8.82. The highest BCUT2D eigenvalue weighted by molar-refractivity contribution is 7.18. The molecule has 2 aromatic carbocycles. The molecule has 0 saturated carbocycles. The number of benzene rings is 2. The van der Waals surface area contributed by atoms with E-state index in [9.17, 15) is 18.0 Å². The monoisotopic (exact) mass is 390 g/mol. The number of hydrogen-bond acceptors (Lipinski definition) is 4. The van der Waals surface area contributed by atoms with Crippen molar-refractivity contribution in [2.45, 2.75) is 19.6 Å². The van der Waals surface area contributed by atoms with E-state index in [1.54, 1.807) is 30.3 Å². The van der Waals surface area contributed by atoms with E-state index >= 15 is 0 Å². The zero-order valence-electron chi connectivity index (χ0n) is 14.0. The molecule has 0 aliphatic heterocycles. The van der Waals surface area contributed by atoms with Crippen LogP contribution in [0.1, 0.15) is 10.8 Å². The van der Waals surface area contributed by atoms with Gasteiger partial charge in [0.1, 0.15) is 6.54 Å². The maximum atomic E-state index is 13.3. The van der Waals surface area contributed by atoms with E-state index in [0.717, 1.165) is 19.8 Å². The quantitative estimate of drug-likeness (QED) is 0.556. The molecule has 5 nitrogen and oxygen atoms in total. The van der Waals surface area contributed by atoms with Gasteiger partial charge < -0.3 is 9.88 Å². The molecule has 9 heteroatoms. The summed E-state index contributed by atoms with van der Waals surface area (Å²) >= 11 is 1.48. The lowest BCUT2D eigenvalue weighted by Gasteiger charge is -2.11. The summed E-state index contributed by atoms with van der Waals surface area (Å²) in [7, 11) is 0. The third kappa shape index (κ3) is 3.37. The van der Waals surface area contributed by atoms with E-state index in [2.05, 4.69) is 15.3 Å². The van der Waals surface area contributed by atoms with Crippen LogP contribution in [0.4, 0.5) is 18.9 Å². The van der Waals surface area contributed by atoms with E-state index in [4.69, 9.17) is 0 Å². The van der Waals surface area contributed by atoms with Gasteiger partial charge in [-0.25, -0.2) is 9.97 Å². The first kappa shape index (κ1) is 17.5. The number of fused-ring (bicyclic) bond motifs is 2. The Bertz CT molecular complexity index is 1160. The number of imidazole rings is 1. The summed E-state index contributed by atoms with van der Waals surface area (Å²) in [6, 6.07) is 11.4. The van der Waals surface area contributed by atoms with E-state index in [0.29, 0.717) is 5.69 Å². The van der Waals surface area contributed by atoms with Gasteiger partial charge in [0.05, 0.1) is 26.3 Å². The second-order valence-electron chi connectivity index (χ2n) is 5.97. The molecule has 1 N–H and O–H groups in total. The lowest BCUT2D eigenvalue weighted by Crippen LogP contribution is -2.23. The minimum absolute atomic E-state index is 0.194. The third-order valence-corrected chi connectivity index (χ3v) is 4.92. The van der Waals surface area contributed by atoms with Gasteiger partial charge in [0.15, 0.2) is 0 Å². The standard InChI is InChI=1S/C18H13F3N4OS/c1-10-22-13-7-6-11(8-15(13)27-10)23-16(26)9-25-14-5-3-2-4-12(14)24-17(25)18(19,20)21/h2-8H,9H2,1H3,(H,23,26). The van der Waals surface area contributed by atoms with Gasteiger partial charge in [0.25, 0.3) is 0 Å². The molecule has 0 fully saturated rings. The Morgan fingerprint density at radius 1 is 1.15 bits per heavy atom. The number of aromatic nitrogens is 3. The summed E-state index contributed by atoms with van der Waals surface area (Å²) < 4.78 is 41.7. The van der Waals surface area contributed by atoms with Crippen molar-refractivity contribution in [1.29, 1.82) is 0 Å². The zero-order chi connectivity index (χ0) is 19.2. The molecule has 27 heavy (non-hydrogen) atoms. The summed E-state index contributed by atoms with van der Waals surface area (Å²) in [5, 5.41) is 3.55. The molecule has 2 heterocycles. The smallest absolute Gasteiger partial charge is 0.324 e. The van der Waals surface area contributed by atoms with E-state index < -0.39 is 24.5 Å². The number of alkyl halides is 3. The average molecular weight is 390 g/mol. The fraction of sp³-hybridized carbons (Fsp3) is 0.167. The Balaban J connectivity index is 1.63. The second kappa shape index (κ2) is 6.34. The Morgan fingerprint density at radius 3 is 2.70 bits per heavy atom. The van der Waals surface area contributed by atoms with Crippen LogP contribution in [0.2, 0.25) is 0 Å². The van der Waals surface area contributed by atoms with Crippen LogP contribution in [0, 0.1) is 6.92 Å². The zero-order valence-corrected chi connectivity index (χ0v) is 14.9. The van der Waals surface area contributed by atoms with E-state index in [-0.39, 0.29) is 11.0 Å². The van der Waals surface area contributed by atoms with Gasteiger partial charge in [-0.1, -0.05) is 12.1 Å². The lowest BCUT2D eigenvalue weighted by atomic mass is 10.3. The number of nitrogens with zero attached hydrogens (tertiary/aromatic N) is 3. The number of para-hydroxylation sites is 2. The summed E-state index contributed by atoms with van der Waals surface area (Å²) in [5.74, 6) is -1.66. The maximum absolute atomic E-state index is 13.3. The predicted octanol–water partition coefficient (Wildman–Crippen LogP) is 4.61. The molecule has 138 valence electrons. The number of hydrogen-bond donors (Lipinski definition) is 1. The Morgan fingerprint density at radius 2 is 1.93 bits per heavy atom. The SMILES string of the molecule is Cc1nc2ccc(NC(=O)Cn3c(C(F)(F)F)nc4ccccc43)cc2s1. The lowest BCUT2D eigenvalue weighted by molar-refractivity contribution is -0.147. The molecular weight excluding hydrogens is 377 g/mol. The molecule has 0 bridgehead atoms. The number of carbonyl (C=O) groups excluding carboxylic acids is 1. The fourth-order valence-electron chi connectivity index (χ4n) is 2.91. The number of thiazole rings is 1. The van der Waals surface area contributed by atoms with Crippen molar-refractivity contribution in [3.8, 4) is 0 Å². The highest BCUT2D eigenvalue weighted by Gasteiger charge is 2.38. The van der Waals surface area contributed by atoms with Crippen LogP contribution in [0.3, 0.4) is 0 Å². The van der Waals surface area contributed by atoms with Gasteiger partial charge >= 0.3 is 6.18 Å². The number of carbonyl (C=O) groups is 1. The Labute approximate surface area is 155 Å². The number of rotatable bonds is 3. The van der Waals surface area contributed by atoms with Crippen LogP contribution in [0.5, 0.6) is 0 Å². The molecule has 0 unspecified atom stereocenters. The van der Waals surface area contributed by atoms with Gasteiger partial charge in [-0.2, -0.15) is 13.2 Å². The molecule has 2 aromatic heterocycles. The molecule has 0 saturated heterocycles. The fourth-order valence-corrected chi connectivity index (χ4v) is 3.78. The molecule has 0 atom stereocenters. The number of aryl methyl sites for hydroxylation is 1. The predicted molar refractivity (Wildman–Crippen MR) is 97.7 cm³/mol. The molecule has 1 amide bonds. The van der Waals surface area contributed by atoms with Gasteiger partial charge in [-0.3, -0.25) is 4.79 Å². The summed E-state index contributed by atoms with van der Waals surface area (Å²) in [6.45, 7) is 1.39. The largest absolute Gasteiger partial charge is 0.449 e. The van der Waals surface area contributed by atoms with Gasteiger partial charge in [-0.05, 0) is 37.3 Å². The van der Waals surface area contributed by atoms with Crippen LogP contribution < -0.4 is 5.32 Å². The highest BCUT2D eigenvalue weighted by Crippen LogP contribution is 2.31. The van der Waals surface area contributed by atoms with Crippen molar-refractivity contribution in [2.75, 3.05) is 5.32 Å². The van der Waals surface area contributed by atoms with Crippen LogP contribution in [0.25, 0.3) is 21.3 Å². The number of anilines is 1. The molecule has 0 radical (unpaired) electrons. The topological polar surface area (TPSA) is 59.8 Å². The number of halogens is 3. The van der Waals surface area contributed by atoms with Crippen molar-refractivity contribution in [2.24, 2.45) is 0 Å². The Hall–Kier alpha value is -2.94. The second-order valence-corrected chi connectivity index (χ2v) is 7.21. The van der Waals surface area contributed by atoms with Crippen molar-refractivity contribution < 1.29 is 18.0 Å². The van der Waals surface area contributed by atoms with Crippen LogP contribution in [-0.4, -0.2) is 20.4 Å². The molecule has 0 aliphatic rings. The highest BCUT2D eigenvalue weighted by atomic mass is 32.1. The molecule has 4 rings (SSSR count). The summed E-state index contributed by atoms with van der Waals surface area (Å²) in [6.07, 6.45) is -4.65. The summed E-state index contributed by atoms with van der Waals surface area (Å²) in [5.41, 5.74) is 1.78. The first-order chi connectivity index (χ1) is 12.8. The van der Waals surface area contributed by atoms with Gasteiger partial charge in [0.2, 0.25) is 11.7 Å². The van der Waals surface area contributed by atoms with Crippen molar-refractivity contribution in [3.05, 3.63) is 53.3 Å². The van der Waals surface area contributed by atoms with Crippen LogP contribution in [-0.2, 0) is 17.5 Å². The minimum atomic E-state index is -4.65. The number of amides is 1. The number of nitrogens with one attached hydrogen (secondary N) is 1. The maximum Gasteiger partial charge on any atom is 0.449 e. The van der Waals surface area contributed by atoms with Crippen LogP contribution in [0.15, 0.2) is 42.5 Å². The van der Waals surface area contributed by atoms with E-state index in [1.807, 2.05) is 6.92 Å². The van der Waals surface area contributed by atoms with Crippen molar-refractivity contribution >= 4 is 44.2 Å². The Kier molecular flexibility index (Phi) is 4.11. The van der Waals surface area contributed by atoms with Gasteiger partial charge in [-0.15, -0.1) is 11.3 Å². The normalized spacial score (nSPS) is 12.0.